The van der Waals surface area contributed by atoms with Crippen LogP contribution in [0.1, 0.15) is 13.8 Å². The van der Waals surface area contributed by atoms with Gasteiger partial charge in [0, 0.05) is 13.2 Å². The molecule has 0 spiro atoms. The Morgan fingerprint density at radius 2 is 2.17 bits per heavy atom. The third-order valence-electron chi connectivity index (χ3n) is 2.91. The maximum Gasteiger partial charge on any atom is 0.201 e. The third-order valence-corrected chi connectivity index (χ3v) is 3.52. The number of nitrogens with zero attached hydrogens (tertiary/aromatic N) is 2. The van der Waals surface area contributed by atoms with E-state index in [4.69, 9.17) is 10.5 Å². The molecule has 2 aromatic rings. The number of methoxy groups -OCH3 is 1. The van der Waals surface area contributed by atoms with Crippen LogP contribution in [-0.4, -0.2) is 22.3 Å². The predicted molar refractivity (Wildman–Crippen MR) is 72.9 cm³/mol. The highest BCUT2D eigenvalue weighted by molar-refractivity contribution is 9.10. The number of nitrogen functional groups attached to an aromatic ring is 1. The Morgan fingerprint density at radius 3 is 2.78 bits per heavy atom. The lowest BCUT2D eigenvalue weighted by Crippen LogP contribution is -2.29. The molecule has 0 saturated carbocycles. The van der Waals surface area contributed by atoms with Crippen molar-refractivity contribution in [2.45, 2.75) is 26.0 Å². The molecule has 0 atom stereocenters. The molecular formula is C12H15BrFN3O. The minimum absolute atomic E-state index is 0.334. The highest BCUT2D eigenvalue weighted by Crippen LogP contribution is 2.26. The average molecular weight is 316 g/mol. The van der Waals surface area contributed by atoms with Gasteiger partial charge in [0.1, 0.15) is 5.82 Å². The Morgan fingerprint density at radius 1 is 1.50 bits per heavy atom. The summed E-state index contributed by atoms with van der Waals surface area (Å²) in [5.74, 6) is 0.0199. The molecule has 1 heterocycles. The fourth-order valence-corrected chi connectivity index (χ4v) is 2.08. The second-order valence-corrected chi connectivity index (χ2v) is 5.63. The van der Waals surface area contributed by atoms with Crippen molar-refractivity contribution in [2.75, 3.05) is 12.8 Å². The van der Waals surface area contributed by atoms with Crippen molar-refractivity contribution in [1.82, 2.24) is 9.55 Å². The van der Waals surface area contributed by atoms with Gasteiger partial charge < -0.3 is 15.0 Å². The van der Waals surface area contributed by atoms with Crippen molar-refractivity contribution in [3.63, 3.8) is 0 Å². The van der Waals surface area contributed by atoms with Crippen LogP contribution >= 0.6 is 15.9 Å². The lowest BCUT2D eigenvalue weighted by atomic mass is 10.1. The molecule has 0 aliphatic heterocycles. The van der Waals surface area contributed by atoms with E-state index in [0.717, 1.165) is 0 Å². The number of rotatable bonds is 3. The first kappa shape index (κ1) is 13.3. The van der Waals surface area contributed by atoms with Crippen molar-refractivity contribution in [3.8, 4) is 0 Å². The van der Waals surface area contributed by atoms with Crippen LogP contribution in [0.2, 0.25) is 0 Å². The highest BCUT2D eigenvalue weighted by Gasteiger charge is 2.21. The molecule has 0 radical (unpaired) electrons. The lowest BCUT2D eigenvalue weighted by molar-refractivity contribution is 0.00946. The summed E-state index contributed by atoms with van der Waals surface area (Å²) in [5.41, 5.74) is 6.80. The summed E-state index contributed by atoms with van der Waals surface area (Å²) in [5, 5.41) is 0. The monoisotopic (exact) mass is 315 g/mol. The summed E-state index contributed by atoms with van der Waals surface area (Å²) in [6.07, 6.45) is 0. The maximum absolute atomic E-state index is 13.6. The van der Waals surface area contributed by atoms with Crippen molar-refractivity contribution in [2.24, 2.45) is 0 Å². The van der Waals surface area contributed by atoms with E-state index in [1.807, 2.05) is 13.8 Å². The smallest absolute Gasteiger partial charge is 0.201 e. The summed E-state index contributed by atoms with van der Waals surface area (Å²) >= 11 is 3.14. The Kier molecular flexibility index (Phi) is 3.33. The van der Waals surface area contributed by atoms with Crippen LogP contribution in [0.25, 0.3) is 11.0 Å². The molecule has 98 valence electrons. The number of fused-ring (bicyclic) bond motifs is 1. The van der Waals surface area contributed by atoms with Gasteiger partial charge in [0.15, 0.2) is 0 Å². The second-order valence-electron chi connectivity index (χ2n) is 4.77. The Hall–Kier alpha value is -1.14. The van der Waals surface area contributed by atoms with Gasteiger partial charge >= 0.3 is 0 Å². The summed E-state index contributed by atoms with van der Waals surface area (Å²) < 4.78 is 21.1. The van der Waals surface area contributed by atoms with E-state index in [1.54, 1.807) is 17.7 Å². The largest absolute Gasteiger partial charge is 0.377 e. The maximum atomic E-state index is 13.6. The van der Waals surface area contributed by atoms with Crippen molar-refractivity contribution in [3.05, 3.63) is 22.4 Å². The standard InChI is InChI=1S/C12H15BrFN3O/c1-12(2,18-3)6-17-10-5-8(14)7(13)4-9(10)16-11(17)15/h4-5H,6H2,1-3H3,(H2,15,16). The molecule has 0 fully saturated rings. The fraction of sp³-hybridized carbons (Fsp3) is 0.417. The topological polar surface area (TPSA) is 53.1 Å². The number of hydrogen-bond acceptors (Lipinski definition) is 3. The number of halogens is 2. The molecule has 0 aliphatic carbocycles. The van der Waals surface area contributed by atoms with Crippen LogP contribution in [-0.2, 0) is 11.3 Å². The molecule has 4 nitrogen and oxygen atoms in total. The molecule has 2 rings (SSSR count). The highest BCUT2D eigenvalue weighted by atomic mass is 79.9. The van der Waals surface area contributed by atoms with Crippen molar-refractivity contribution in [1.29, 1.82) is 0 Å². The second kappa shape index (κ2) is 4.51. The van der Waals surface area contributed by atoms with Crippen LogP contribution in [0.15, 0.2) is 16.6 Å². The van der Waals surface area contributed by atoms with Crippen molar-refractivity contribution >= 4 is 32.9 Å². The van der Waals surface area contributed by atoms with Gasteiger partial charge in [-0.25, -0.2) is 9.37 Å². The number of imidazole rings is 1. The quantitative estimate of drug-likeness (QED) is 0.947. The first-order chi connectivity index (χ1) is 8.34. The number of hydrogen-bond donors (Lipinski definition) is 1. The van der Waals surface area contributed by atoms with Gasteiger partial charge in [-0.2, -0.15) is 0 Å². The van der Waals surface area contributed by atoms with Crippen LogP contribution in [0.3, 0.4) is 0 Å². The molecule has 0 unspecified atom stereocenters. The van der Waals surface area contributed by atoms with Gasteiger partial charge in [-0.3, -0.25) is 0 Å². The van der Waals surface area contributed by atoms with E-state index in [-0.39, 0.29) is 5.82 Å². The molecular weight excluding hydrogens is 301 g/mol. The number of ether oxygens (including phenoxy) is 1. The number of benzene rings is 1. The Bertz CT molecular complexity index is 595. The van der Waals surface area contributed by atoms with Gasteiger partial charge in [-0.05, 0) is 35.8 Å². The summed E-state index contributed by atoms with van der Waals surface area (Å²) in [4.78, 5) is 4.22. The molecule has 0 bridgehead atoms. The minimum Gasteiger partial charge on any atom is -0.377 e. The van der Waals surface area contributed by atoms with E-state index >= 15 is 0 Å². The first-order valence-corrected chi connectivity index (χ1v) is 6.29. The zero-order valence-corrected chi connectivity index (χ0v) is 12.1. The van der Waals surface area contributed by atoms with E-state index in [0.29, 0.717) is 28.0 Å². The Balaban J connectivity index is 2.57. The lowest BCUT2D eigenvalue weighted by Gasteiger charge is -2.24. The number of anilines is 1. The van der Waals surface area contributed by atoms with Crippen LogP contribution in [0.5, 0.6) is 0 Å². The van der Waals surface area contributed by atoms with Gasteiger partial charge in [0.05, 0.1) is 27.7 Å². The molecule has 2 N–H and O–H groups in total. The zero-order valence-electron chi connectivity index (χ0n) is 10.5. The normalized spacial score (nSPS) is 12.3. The van der Waals surface area contributed by atoms with Crippen molar-refractivity contribution < 1.29 is 9.13 Å². The first-order valence-electron chi connectivity index (χ1n) is 5.50. The Labute approximate surface area is 113 Å². The molecule has 1 aromatic carbocycles. The third kappa shape index (κ3) is 2.35. The van der Waals surface area contributed by atoms with E-state index in [2.05, 4.69) is 20.9 Å². The molecule has 0 saturated heterocycles. The van der Waals surface area contributed by atoms with Gasteiger partial charge in [-0.15, -0.1) is 0 Å². The van der Waals surface area contributed by atoms with Crippen LogP contribution in [0, 0.1) is 5.82 Å². The minimum atomic E-state index is -0.398. The molecule has 0 aliphatic rings. The van der Waals surface area contributed by atoms with E-state index in [1.165, 1.54) is 6.07 Å². The summed E-state index contributed by atoms with van der Waals surface area (Å²) in [6.45, 7) is 4.38. The van der Waals surface area contributed by atoms with Gasteiger partial charge in [-0.1, -0.05) is 0 Å². The molecule has 18 heavy (non-hydrogen) atoms. The number of nitrogens with two attached hydrogens (primary N) is 1. The predicted octanol–water partition coefficient (Wildman–Crippen LogP) is 2.95. The molecule has 1 aromatic heterocycles. The summed E-state index contributed by atoms with van der Waals surface area (Å²) in [7, 11) is 1.63. The molecule has 0 amide bonds. The zero-order chi connectivity index (χ0) is 13.5. The van der Waals surface area contributed by atoms with Gasteiger partial charge in [0.25, 0.3) is 0 Å². The van der Waals surface area contributed by atoms with Crippen LogP contribution < -0.4 is 5.73 Å². The SMILES string of the molecule is COC(C)(C)Cn1c(N)nc2cc(Br)c(F)cc21. The number of aromatic nitrogens is 2. The van der Waals surface area contributed by atoms with Crippen LogP contribution in [0.4, 0.5) is 10.3 Å². The van der Waals surface area contributed by atoms with Gasteiger partial charge in [0.2, 0.25) is 5.95 Å². The molecule has 6 heteroatoms. The average Bonchev–Trinajstić information content (AvgIpc) is 2.57. The van der Waals surface area contributed by atoms with E-state index < -0.39 is 5.60 Å². The van der Waals surface area contributed by atoms with E-state index in [9.17, 15) is 4.39 Å². The fourth-order valence-electron chi connectivity index (χ4n) is 1.75. The summed E-state index contributed by atoms with van der Waals surface area (Å²) in [6, 6.07) is 3.05.